The summed E-state index contributed by atoms with van der Waals surface area (Å²) >= 11 is 0. The van der Waals surface area contributed by atoms with Crippen LogP contribution in [0.5, 0.6) is 0 Å². The highest BCUT2D eigenvalue weighted by Crippen LogP contribution is 2.27. The Bertz CT molecular complexity index is 688. The van der Waals surface area contributed by atoms with Crippen LogP contribution in [-0.2, 0) is 0 Å². The highest BCUT2D eigenvalue weighted by molar-refractivity contribution is 5.79. The molecule has 1 N–H and O–H groups in total. The van der Waals surface area contributed by atoms with Gasteiger partial charge in [0, 0.05) is 11.6 Å². The summed E-state index contributed by atoms with van der Waals surface area (Å²) in [6.07, 6.45) is 2.62. The van der Waals surface area contributed by atoms with E-state index < -0.39 is 6.10 Å². The lowest BCUT2D eigenvalue weighted by atomic mass is 10.0. The fourth-order valence-electron chi connectivity index (χ4n) is 2.08. The zero-order valence-electron chi connectivity index (χ0n) is 10.00. The first kappa shape index (κ1) is 11.0. The van der Waals surface area contributed by atoms with Gasteiger partial charge in [0.15, 0.2) is 0 Å². The van der Waals surface area contributed by atoms with Crippen molar-refractivity contribution in [3.63, 3.8) is 0 Å². The molecule has 0 spiro atoms. The van der Waals surface area contributed by atoms with Crippen LogP contribution in [0.2, 0.25) is 0 Å². The summed E-state index contributed by atoms with van der Waals surface area (Å²) in [6.45, 7) is 1.92. The number of nitrogens with zero attached hydrogens (tertiary/aromatic N) is 1. The van der Waals surface area contributed by atoms with Crippen molar-refractivity contribution >= 4 is 10.9 Å². The Morgan fingerprint density at radius 2 is 2.11 bits per heavy atom. The Kier molecular flexibility index (Phi) is 2.61. The van der Waals surface area contributed by atoms with Crippen LogP contribution in [0.15, 0.2) is 53.3 Å². The second kappa shape index (κ2) is 4.27. The Labute approximate surface area is 105 Å². The monoisotopic (exact) mass is 239 g/mol. The van der Waals surface area contributed by atoms with E-state index in [1.807, 2.05) is 43.3 Å². The number of hydrogen-bond donors (Lipinski definition) is 1. The maximum atomic E-state index is 10.3. The number of furan rings is 1. The number of aryl methyl sites for hydroxylation is 1. The maximum absolute atomic E-state index is 10.3. The Morgan fingerprint density at radius 1 is 1.22 bits per heavy atom. The minimum atomic E-state index is -0.732. The molecule has 0 saturated carbocycles. The Hall–Kier alpha value is -2.13. The van der Waals surface area contributed by atoms with Crippen molar-refractivity contribution in [1.82, 2.24) is 4.98 Å². The van der Waals surface area contributed by atoms with E-state index in [4.69, 9.17) is 4.42 Å². The molecule has 3 nitrogen and oxygen atoms in total. The normalized spacial score (nSPS) is 12.8. The largest absolute Gasteiger partial charge is 0.466 e. The summed E-state index contributed by atoms with van der Waals surface area (Å²) in [6, 6.07) is 11.4. The van der Waals surface area contributed by atoms with Crippen molar-refractivity contribution in [2.24, 2.45) is 0 Å². The number of pyridine rings is 1. The van der Waals surface area contributed by atoms with E-state index in [0.717, 1.165) is 22.0 Å². The molecular weight excluding hydrogens is 226 g/mol. The van der Waals surface area contributed by atoms with Crippen LogP contribution in [0, 0.1) is 6.92 Å². The van der Waals surface area contributed by atoms with Crippen LogP contribution in [0.1, 0.15) is 23.0 Å². The average Bonchev–Trinajstić information content (AvgIpc) is 2.83. The zero-order chi connectivity index (χ0) is 12.5. The van der Waals surface area contributed by atoms with E-state index in [2.05, 4.69) is 4.98 Å². The predicted octanol–water partition coefficient (Wildman–Crippen LogP) is 3.22. The van der Waals surface area contributed by atoms with E-state index in [0.29, 0.717) is 5.76 Å². The second-order valence-corrected chi connectivity index (χ2v) is 4.33. The molecule has 18 heavy (non-hydrogen) atoms. The fraction of sp³-hybridized carbons (Fsp3) is 0.133. The Morgan fingerprint density at radius 3 is 2.89 bits per heavy atom. The fourth-order valence-corrected chi connectivity index (χ4v) is 2.08. The summed E-state index contributed by atoms with van der Waals surface area (Å²) in [5.41, 5.74) is 2.69. The number of rotatable bonds is 2. The topological polar surface area (TPSA) is 46.3 Å². The van der Waals surface area contributed by atoms with E-state index >= 15 is 0 Å². The molecule has 0 fully saturated rings. The van der Waals surface area contributed by atoms with Crippen molar-refractivity contribution in [1.29, 1.82) is 0 Å². The smallest absolute Gasteiger partial charge is 0.139 e. The van der Waals surface area contributed by atoms with Crippen molar-refractivity contribution in [3.8, 4) is 0 Å². The van der Waals surface area contributed by atoms with Gasteiger partial charge in [-0.1, -0.05) is 12.1 Å². The van der Waals surface area contributed by atoms with Gasteiger partial charge in [-0.15, -0.1) is 0 Å². The molecule has 2 heterocycles. The molecule has 2 aromatic heterocycles. The molecule has 0 amide bonds. The van der Waals surface area contributed by atoms with Crippen molar-refractivity contribution in [2.45, 2.75) is 13.0 Å². The molecule has 3 aromatic rings. The van der Waals surface area contributed by atoms with Gasteiger partial charge in [0.25, 0.3) is 0 Å². The minimum Gasteiger partial charge on any atom is -0.466 e. The molecule has 0 aliphatic rings. The van der Waals surface area contributed by atoms with Gasteiger partial charge in [0.2, 0.25) is 0 Å². The number of fused-ring (bicyclic) bond motifs is 1. The van der Waals surface area contributed by atoms with Gasteiger partial charge in [-0.05, 0) is 42.3 Å². The van der Waals surface area contributed by atoms with Gasteiger partial charge in [0.05, 0.1) is 11.8 Å². The van der Waals surface area contributed by atoms with Gasteiger partial charge < -0.3 is 9.52 Å². The van der Waals surface area contributed by atoms with Gasteiger partial charge in [-0.3, -0.25) is 4.98 Å². The molecule has 0 aliphatic carbocycles. The van der Waals surface area contributed by atoms with Crippen molar-refractivity contribution in [3.05, 3.63) is 65.7 Å². The van der Waals surface area contributed by atoms with Gasteiger partial charge in [0.1, 0.15) is 11.9 Å². The molecule has 1 unspecified atom stereocenters. The number of aromatic nitrogens is 1. The van der Waals surface area contributed by atoms with Crippen LogP contribution in [0.4, 0.5) is 0 Å². The molecule has 3 heteroatoms. The summed E-state index contributed by atoms with van der Waals surface area (Å²) in [7, 11) is 0. The number of benzene rings is 1. The summed E-state index contributed by atoms with van der Waals surface area (Å²) < 4.78 is 5.33. The Balaban J connectivity index is 2.07. The minimum absolute atomic E-state index is 0.596. The van der Waals surface area contributed by atoms with E-state index in [1.54, 1.807) is 12.5 Å². The molecule has 3 rings (SSSR count). The van der Waals surface area contributed by atoms with E-state index in [-0.39, 0.29) is 0 Å². The first-order valence-electron chi connectivity index (χ1n) is 5.82. The summed E-state index contributed by atoms with van der Waals surface area (Å²) in [5.74, 6) is 0.596. The molecular formula is C15H13NO2. The number of hydrogen-bond acceptors (Lipinski definition) is 3. The number of aliphatic hydroxyl groups is 1. The van der Waals surface area contributed by atoms with Gasteiger partial charge in [-0.2, -0.15) is 0 Å². The average molecular weight is 239 g/mol. The van der Waals surface area contributed by atoms with Gasteiger partial charge >= 0.3 is 0 Å². The quantitative estimate of drug-likeness (QED) is 0.746. The number of aliphatic hydroxyl groups excluding tert-OH is 1. The lowest BCUT2D eigenvalue weighted by Crippen LogP contribution is -1.99. The van der Waals surface area contributed by atoms with Crippen LogP contribution in [0.25, 0.3) is 10.9 Å². The lowest BCUT2D eigenvalue weighted by Gasteiger charge is -2.10. The highest BCUT2D eigenvalue weighted by atomic mass is 16.4. The first-order valence-corrected chi connectivity index (χ1v) is 5.82. The standard InChI is InChI=1S/C15H13NO2/c1-10-6-8-18-15(10)14(17)12-4-5-13-11(9-12)3-2-7-16-13/h2-9,14,17H,1H3. The SMILES string of the molecule is Cc1ccoc1C(O)c1ccc2ncccc2c1. The third-order valence-electron chi connectivity index (χ3n) is 3.09. The first-order chi connectivity index (χ1) is 8.75. The molecule has 1 atom stereocenters. The third-order valence-corrected chi connectivity index (χ3v) is 3.09. The maximum Gasteiger partial charge on any atom is 0.139 e. The molecule has 1 aromatic carbocycles. The molecule has 0 saturated heterocycles. The van der Waals surface area contributed by atoms with Gasteiger partial charge in [-0.25, -0.2) is 0 Å². The van der Waals surface area contributed by atoms with Crippen LogP contribution in [0.3, 0.4) is 0 Å². The lowest BCUT2D eigenvalue weighted by molar-refractivity contribution is 0.188. The molecule has 0 bridgehead atoms. The van der Waals surface area contributed by atoms with Crippen molar-refractivity contribution < 1.29 is 9.52 Å². The second-order valence-electron chi connectivity index (χ2n) is 4.33. The zero-order valence-corrected chi connectivity index (χ0v) is 10.00. The highest BCUT2D eigenvalue weighted by Gasteiger charge is 2.16. The molecule has 90 valence electrons. The summed E-state index contributed by atoms with van der Waals surface area (Å²) in [5, 5.41) is 11.3. The molecule has 0 aliphatic heterocycles. The van der Waals surface area contributed by atoms with E-state index in [1.165, 1.54) is 0 Å². The third kappa shape index (κ3) is 1.79. The van der Waals surface area contributed by atoms with Crippen LogP contribution >= 0.6 is 0 Å². The summed E-state index contributed by atoms with van der Waals surface area (Å²) in [4.78, 5) is 4.26. The van der Waals surface area contributed by atoms with Crippen molar-refractivity contribution in [2.75, 3.05) is 0 Å². The predicted molar refractivity (Wildman–Crippen MR) is 69.2 cm³/mol. The van der Waals surface area contributed by atoms with E-state index in [9.17, 15) is 5.11 Å². The van der Waals surface area contributed by atoms with Crippen LogP contribution < -0.4 is 0 Å². The van der Waals surface area contributed by atoms with Crippen LogP contribution in [-0.4, -0.2) is 10.1 Å². The molecule has 0 radical (unpaired) electrons.